The summed E-state index contributed by atoms with van der Waals surface area (Å²) in [4.78, 5) is 39.5. The Morgan fingerprint density at radius 3 is 2.56 bits per heavy atom. The zero-order valence-corrected chi connectivity index (χ0v) is 17.2. The Morgan fingerprint density at radius 2 is 1.88 bits per heavy atom. The molecule has 10 heteroatoms. The van der Waals surface area contributed by atoms with Crippen LogP contribution < -0.4 is 11.0 Å². The summed E-state index contributed by atoms with van der Waals surface area (Å²) in [5.41, 5.74) is 5.92. The Labute approximate surface area is 181 Å². The quantitative estimate of drug-likeness (QED) is 0.295. The molecule has 1 amide bonds. The molecule has 1 N–H and O–H groups in total. The Balaban J connectivity index is 1.55. The van der Waals surface area contributed by atoms with Gasteiger partial charge < -0.3 is 0 Å². The highest BCUT2D eigenvalue weighted by Gasteiger charge is 2.13. The summed E-state index contributed by atoms with van der Waals surface area (Å²) in [6, 6.07) is 11.5. The van der Waals surface area contributed by atoms with Crippen molar-refractivity contribution in [2.24, 2.45) is 0 Å². The van der Waals surface area contributed by atoms with Crippen LogP contribution in [-0.4, -0.2) is 30.3 Å². The van der Waals surface area contributed by atoms with Crippen molar-refractivity contribution in [3.63, 3.8) is 0 Å². The summed E-state index contributed by atoms with van der Waals surface area (Å²) in [7, 11) is 0. The number of non-ortho nitro benzene ring substituents is 1. The molecule has 32 heavy (non-hydrogen) atoms. The van der Waals surface area contributed by atoms with Crippen LogP contribution in [0.1, 0.15) is 16.7 Å². The van der Waals surface area contributed by atoms with E-state index in [1.807, 2.05) is 32.0 Å². The van der Waals surface area contributed by atoms with Crippen LogP contribution in [0.15, 0.2) is 65.9 Å². The number of carbonyl (C=O) groups is 1. The maximum atomic E-state index is 12.8. The summed E-state index contributed by atoms with van der Waals surface area (Å²) in [6.07, 6.45) is 5.33. The van der Waals surface area contributed by atoms with Gasteiger partial charge in [0.25, 0.3) is 17.2 Å². The number of hydrogen-bond acceptors (Lipinski definition) is 6. The van der Waals surface area contributed by atoms with Gasteiger partial charge in [-0.1, -0.05) is 6.07 Å². The molecule has 0 atom stereocenters. The van der Waals surface area contributed by atoms with Crippen molar-refractivity contribution < 1.29 is 9.72 Å². The molecule has 0 aliphatic carbocycles. The smallest absolute Gasteiger partial charge is 0.268 e. The minimum Gasteiger partial charge on any atom is -0.268 e. The number of nitrogens with one attached hydrogen (secondary N) is 1. The third-order valence-corrected chi connectivity index (χ3v) is 4.99. The van der Waals surface area contributed by atoms with Gasteiger partial charge in [-0.25, -0.2) is 14.3 Å². The van der Waals surface area contributed by atoms with Gasteiger partial charge in [-0.05, 0) is 60.9 Å². The van der Waals surface area contributed by atoms with Crippen molar-refractivity contribution >= 4 is 28.7 Å². The molecule has 4 aromatic rings. The number of aromatic nitrogens is 4. The molecular weight excluding hydrogens is 412 g/mol. The van der Waals surface area contributed by atoms with E-state index in [-0.39, 0.29) is 11.1 Å². The van der Waals surface area contributed by atoms with E-state index < -0.39 is 16.4 Å². The van der Waals surface area contributed by atoms with Crippen LogP contribution in [0.3, 0.4) is 0 Å². The van der Waals surface area contributed by atoms with Gasteiger partial charge in [0.1, 0.15) is 11.7 Å². The molecule has 0 aliphatic heterocycles. The van der Waals surface area contributed by atoms with Crippen molar-refractivity contribution in [3.05, 3.63) is 98.2 Å². The molecule has 0 saturated heterocycles. The number of hydrogen-bond donors (Lipinski definition) is 1. The van der Waals surface area contributed by atoms with Crippen molar-refractivity contribution in [2.75, 3.05) is 5.43 Å². The van der Waals surface area contributed by atoms with E-state index in [0.717, 1.165) is 21.5 Å². The molecule has 2 aromatic heterocycles. The number of carbonyl (C=O) groups excluding carboxylic acids is 1. The standard InChI is InChI=1S/C22H18N6O4/c1-14-3-7-18(11-15(14)2)27-21-19(12-24-27)22(30)26(13-23-21)25-20(29)10-6-16-4-8-17(9-5-16)28(31)32/h3-13H,1-2H3,(H,25,29)/b10-6+. The Bertz CT molecular complexity index is 1430. The van der Waals surface area contributed by atoms with E-state index in [1.165, 1.54) is 48.9 Å². The normalized spacial score (nSPS) is 11.2. The van der Waals surface area contributed by atoms with Crippen molar-refractivity contribution in [2.45, 2.75) is 13.8 Å². The highest BCUT2D eigenvalue weighted by molar-refractivity contribution is 5.97. The van der Waals surface area contributed by atoms with E-state index in [1.54, 1.807) is 4.68 Å². The number of nitro groups is 1. The first-order valence-electron chi connectivity index (χ1n) is 9.60. The molecule has 4 rings (SSSR count). The molecule has 0 fully saturated rings. The number of nitrogens with zero attached hydrogens (tertiary/aromatic N) is 5. The average Bonchev–Trinajstić information content (AvgIpc) is 3.21. The number of aryl methyl sites for hydroxylation is 2. The topological polar surface area (TPSA) is 125 Å². The second kappa shape index (κ2) is 8.26. The fraction of sp³-hybridized carbons (Fsp3) is 0.0909. The van der Waals surface area contributed by atoms with Crippen LogP contribution in [0.5, 0.6) is 0 Å². The van der Waals surface area contributed by atoms with E-state index >= 15 is 0 Å². The Kier molecular flexibility index (Phi) is 5.34. The zero-order valence-electron chi connectivity index (χ0n) is 17.2. The van der Waals surface area contributed by atoms with E-state index in [0.29, 0.717) is 11.2 Å². The zero-order chi connectivity index (χ0) is 22.8. The van der Waals surface area contributed by atoms with Gasteiger partial charge in [0.15, 0.2) is 5.65 Å². The molecule has 0 bridgehead atoms. The molecule has 0 aliphatic rings. The van der Waals surface area contributed by atoms with E-state index in [4.69, 9.17) is 0 Å². The Morgan fingerprint density at radius 1 is 1.12 bits per heavy atom. The number of amides is 1. The fourth-order valence-electron chi connectivity index (χ4n) is 3.07. The SMILES string of the molecule is Cc1ccc(-n2ncc3c(=O)n(NC(=O)/C=C/c4ccc([N+](=O)[O-])cc4)cnc32)cc1C. The van der Waals surface area contributed by atoms with E-state index in [2.05, 4.69) is 15.5 Å². The molecular formula is C22H18N6O4. The highest BCUT2D eigenvalue weighted by Crippen LogP contribution is 2.17. The first-order valence-corrected chi connectivity index (χ1v) is 9.60. The lowest BCUT2D eigenvalue weighted by Gasteiger charge is -2.08. The summed E-state index contributed by atoms with van der Waals surface area (Å²) >= 11 is 0. The van der Waals surface area contributed by atoms with Gasteiger partial charge in [-0.15, -0.1) is 0 Å². The van der Waals surface area contributed by atoms with Gasteiger partial charge >= 0.3 is 0 Å². The summed E-state index contributed by atoms with van der Waals surface area (Å²) < 4.78 is 2.56. The number of rotatable bonds is 5. The van der Waals surface area contributed by atoms with Crippen molar-refractivity contribution in [3.8, 4) is 5.69 Å². The highest BCUT2D eigenvalue weighted by atomic mass is 16.6. The predicted octanol–water partition coefficient (Wildman–Crippen LogP) is 2.89. The monoisotopic (exact) mass is 430 g/mol. The largest absolute Gasteiger partial charge is 0.283 e. The maximum Gasteiger partial charge on any atom is 0.283 e. The molecule has 160 valence electrons. The maximum absolute atomic E-state index is 12.8. The first-order chi connectivity index (χ1) is 15.3. The van der Waals surface area contributed by atoms with Crippen molar-refractivity contribution in [1.29, 1.82) is 0 Å². The molecule has 0 spiro atoms. The second-order valence-electron chi connectivity index (χ2n) is 7.14. The number of benzene rings is 2. The minimum atomic E-state index is -0.562. The van der Waals surface area contributed by atoms with Gasteiger partial charge in [-0.2, -0.15) is 5.10 Å². The third-order valence-electron chi connectivity index (χ3n) is 4.99. The number of fused-ring (bicyclic) bond motifs is 1. The first kappa shape index (κ1) is 20.7. The molecule has 2 heterocycles. The third kappa shape index (κ3) is 4.01. The lowest BCUT2D eigenvalue weighted by molar-refractivity contribution is -0.384. The predicted molar refractivity (Wildman–Crippen MR) is 119 cm³/mol. The van der Waals surface area contributed by atoms with Gasteiger partial charge in [0.05, 0.1) is 16.8 Å². The van der Waals surface area contributed by atoms with Crippen LogP contribution in [0, 0.1) is 24.0 Å². The summed E-state index contributed by atoms with van der Waals surface area (Å²) in [5, 5.41) is 15.2. The minimum absolute atomic E-state index is 0.0427. The summed E-state index contributed by atoms with van der Waals surface area (Å²) in [5.74, 6) is -0.562. The van der Waals surface area contributed by atoms with Crippen LogP contribution >= 0.6 is 0 Å². The fourth-order valence-corrected chi connectivity index (χ4v) is 3.07. The van der Waals surface area contributed by atoms with Crippen LogP contribution in [0.4, 0.5) is 5.69 Å². The lowest BCUT2D eigenvalue weighted by Crippen LogP contribution is -2.32. The van der Waals surface area contributed by atoms with Crippen LogP contribution in [-0.2, 0) is 4.79 Å². The number of nitro benzene ring substituents is 1. The molecule has 2 aromatic carbocycles. The average molecular weight is 430 g/mol. The summed E-state index contributed by atoms with van der Waals surface area (Å²) in [6.45, 7) is 4.00. The lowest BCUT2D eigenvalue weighted by atomic mass is 10.1. The molecule has 0 unspecified atom stereocenters. The van der Waals surface area contributed by atoms with Gasteiger partial charge in [-0.3, -0.25) is 25.1 Å². The van der Waals surface area contributed by atoms with Gasteiger partial charge in [0, 0.05) is 18.2 Å². The van der Waals surface area contributed by atoms with Crippen LogP contribution in [0.2, 0.25) is 0 Å². The second-order valence-corrected chi connectivity index (χ2v) is 7.14. The van der Waals surface area contributed by atoms with E-state index in [9.17, 15) is 19.7 Å². The van der Waals surface area contributed by atoms with Gasteiger partial charge in [0.2, 0.25) is 0 Å². The Hall–Kier alpha value is -4.60. The van der Waals surface area contributed by atoms with Crippen molar-refractivity contribution in [1.82, 2.24) is 19.4 Å². The van der Waals surface area contributed by atoms with Crippen LogP contribution in [0.25, 0.3) is 22.8 Å². The molecule has 0 radical (unpaired) electrons. The molecule has 10 nitrogen and oxygen atoms in total. The molecule has 0 saturated carbocycles.